The number of aryl methyl sites for hydroxylation is 1. The van der Waals surface area contributed by atoms with Gasteiger partial charge < -0.3 is 15.5 Å². The van der Waals surface area contributed by atoms with E-state index in [4.69, 9.17) is 0 Å². The highest BCUT2D eigenvalue weighted by Crippen LogP contribution is 2.18. The lowest BCUT2D eigenvalue weighted by molar-refractivity contribution is 0.0827. The molecule has 0 aliphatic rings. The first kappa shape index (κ1) is 20.0. The topological polar surface area (TPSA) is 61.4 Å². The van der Waals surface area contributed by atoms with Crippen LogP contribution in [0.2, 0.25) is 0 Å². The predicted molar refractivity (Wildman–Crippen MR) is 99.5 cm³/mol. The smallest absolute Gasteiger partial charge is 0.319 e. The Morgan fingerprint density at radius 3 is 2.50 bits per heavy atom. The molecule has 1 rings (SSSR count). The molecule has 1 unspecified atom stereocenters. The standard InChI is InChI=1S/C19H31N3O2/c1-6-8-9-15(7-2)13-20-19(24)21-17-12-16(11-10-14(17)3)18(23)22(4)5/h10-12,15H,6-9,13H2,1-5H3,(H2,20,21,24). The molecule has 134 valence electrons. The first-order valence-electron chi connectivity index (χ1n) is 8.76. The van der Waals surface area contributed by atoms with Crippen LogP contribution in [-0.4, -0.2) is 37.5 Å². The molecular formula is C19H31N3O2. The maximum absolute atomic E-state index is 12.2. The molecule has 1 aromatic carbocycles. The van der Waals surface area contributed by atoms with Crippen molar-refractivity contribution in [3.63, 3.8) is 0 Å². The Kier molecular flexibility index (Phi) is 8.30. The number of hydrogen-bond donors (Lipinski definition) is 2. The Bertz CT molecular complexity index is 556. The van der Waals surface area contributed by atoms with Crippen LogP contribution in [-0.2, 0) is 0 Å². The van der Waals surface area contributed by atoms with E-state index in [2.05, 4.69) is 24.5 Å². The number of urea groups is 1. The molecule has 0 radical (unpaired) electrons. The normalized spacial score (nSPS) is 11.7. The van der Waals surface area contributed by atoms with Crippen LogP contribution >= 0.6 is 0 Å². The van der Waals surface area contributed by atoms with Gasteiger partial charge in [-0.2, -0.15) is 0 Å². The summed E-state index contributed by atoms with van der Waals surface area (Å²) in [5, 5.41) is 5.80. The third-order valence-corrected chi connectivity index (χ3v) is 4.23. The quantitative estimate of drug-likeness (QED) is 0.754. The van der Waals surface area contributed by atoms with Crippen LogP contribution in [0.15, 0.2) is 18.2 Å². The van der Waals surface area contributed by atoms with Crippen LogP contribution in [0.1, 0.15) is 55.5 Å². The monoisotopic (exact) mass is 333 g/mol. The number of benzene rings is 1. The Labute approximate surface area is 145 Å². The van der Waals surface area contributed by atoms with E-state index < -0.39 is 0 Å². The number of anilines is 1. The molecule has 5 nitrogen and oxygen atoms in total. The predicted octanol–water partition coefficient (Wildman–Crippen LogP) is 4.03. The fraction of sp³-hybridized carbons (Fsp3) is 0.579. The lowest BCUT2D eigenvalue weighted by Gasteiger charge is -2.17. The number of nitrogens with zero attached hydrogens (tertiary/aromatic N) is 1. The van der Waals surface area contributed by atoms with Crippen molar-refractivity contribution in [2.24, 2.45) is 5.92 Å². The first-order chi connectivity index (χ1) is 11.4. The van der Waals surface area contributed by atoms with Crippen LogP contribution < -0.4 is 10.6 Å². The van der Waals surface area contributed by atoms with Gasteiger partial charge in [0, 0.05) is 31.9 Å². The fourth-order valence-corrected chi connectivity index (χ4v) is 2.49. The van der Waals surface area contributed by atoms with Gasteiger partial charge in [0.25, 0.3) is 5.91 Å². The number of hydrogen-bond acceptors (Lipinski definition) is 2. The molecule has 0 heterocycles. The summed E-state index contributed by atoms with van der Waals surface area (Å²) < 4.78 is 0. The van der Waals surface area contributed by atoms with Crippen molar-refractivity contribution in [1.82, 2.24) is 10.2 Å². The first-order valence-corrected chi connectivity index (χ1v) is 8.76. The molecule has 2 N–H and O–H groups in total. The van der Waals surface area contributed by atoms with Gasteiger partial charge >= 0.3 is 6.03 Å². The number of nitrogens with one attached hydrogen (secondary N) is 2. The van der Waals surface area contributed by atoms with Crippen molar-refractivity contribution in [3.8, 4) is 0 Å². The maximum Gasteiger partial charge on any atom is 0.319 e. The molecule has 1 aromatic rings. The highest BCUT2D eigenvalue weighted by molar-refractivity contribution is 5.97. The molecule has 0 saturated carbocycles. The minimum Gasteiger partial charge on any atom is -0.345 e. The summed E-state index contributed by atoms with van der Waals surface area (Å²) in [6.45, 7) is 6.92. The molecule has 0 aliphatic heterocycles. The van der Waals surface area contributed by atoms with E-state index in [9.17, 15) is 9.59 Å². The molecular weight excluding hydrogens is 302 g/mol. The van der Waals surface area contributed by atoms with E-state index >= 15 is 0 Å². The van der Waals surface area contributed by atoms with Crippen molar-refractivity contribution in [2.45, 2.75) is 46.5 Å². The second-order valence-corrected chi connectivity index (χ2v) is 6.48. The number of rotatable bonds is 8. The summed E-state index contributed by atoms with van der Waals surface area (Å²) in [5.74, 6) is 0.433. The summed E-state index contributed by atoms with van der Waals surface area (Å²) in [6.07, 6.45) is 4.56. The van der Waals surface area contributed by atoms with E-state index in [1.807, 2.05) is 13.0 Å². The molecule has 0 fully saturated rings. The van der Waals surface area contributed by atoms with E-state index in [0.29, 0.717) is 23.7 Å². The average Bonchev–Trinajstić information content (AvgIpc) is 2.56. The van der Waals surface area contributed by atoms with E-state index in [-0.39, 0.29) is 11.9 Å². The molecule has 0 aromatic heterocycles. The van der Waals surface area contributed by atoms with Crippen molar-refractivity contribution in [2.75, 3.05) is 26.0 Å². The number of carbonyl (C=O) groups is 2. The zero-order chi connectivity index (χ0) is 18.1. The molecule has 1 atom stereocenters. The van der Waals surface area contributed by atoms with Crippen LogP contribution in [0.25, 0.3) is 0 Å². The van der Waals surface area contributed by atoms with Crippen molar-refractivity contribution in [3.05, 3.63) is 29.3 Å². The van der Waals surface area contributed by atoms with Gasteiger partial charge in [-0.3, -0.25) is 4.79 Å². The van der Waals surface area contributed by atoms with E-state index in [0.717, 1.165) is 18.4 Å². The Morgan fingerprint density at radius 1 is 1.21 bits per heavy atom. The second-order valence-electron chi connectivity index (χ2n) is 6.48. The van der Waals surface area contributed by atoms with Crippen molar-refractivity contribution >= 4 is 17.6 Å². The Morgan fingerprint density at radius 2 is 1.92 bits per heavy atom. The molecule has 5 heteroatoms. The van der Waals surface area contributed by atoms with Crippen LogP contribution in [0.5, 0.6) is 0 Å². The third-order valence-electron chi connectivity index (χ3n) is 4.23. The summed E-state index contributed by atoms with van der Waals surface area (Å²) >= 11 is 0. The fourth-order valence-electron chi connectivity index (χ4n) is 2.49. The van der Waals surface area contributed by atoms with Gasteiger partial charge in [0.05, 0.1) is 0 Å². The Balaban J connectivity index is 2.66. The van der Waals surface area contributed by atoms with Gasteiger partial charge in [-0.05, 0) is 37.0 Å². The molecule has 0 bridgehead atoms. The zero-order valence-electron chi connectivity index (χ0n) is 15.6. The second kappa shape index (κ2) is 9.96. The van der Waals surface area contributed by atoms with Gasteiger partial charge in [-0.25, -0.2) is 4.79 Å². The van der Waals surface area contributed by atoms with Gasteiger partial charge in [0.2, 0.25) is 0 Å². The van der Waals surface area contributed by atoms with Gasteiger partial charge in [-0.1, -0.05) is 39.2 Å². The third kappa shape index (κ3) is 6.22. The number of unbranched alkanes of at least 4 members (excludes halogenated alkanes) is 1. The molecule has 0 spiro atoms. The van der Waals surface area contributed by atoms with E-state index in [1.165, 1.54) is 17.7 Å². The van der Waals surface area contributed by atoms with Gasteiger partial charge in [-0.15, -0.1) is 0 Å². The van der Waals surface area contributed by atoms with Crippen molar-refractivity contribution < 1.29 is 9.59 Å². The number of carbonyl (C=O) groups excluding carboxylic acids is 2. The maximum atomic E-state index is 12.2. The minimum absolute atomic E-state index is 0.0796. The lowest BCUT2D eigenvalue weighted by atomic mass is 9.99. The van der Waals surface area contributed by atoms with Crippen LogP contribution in [0, 0.1) is 12.8 Å². The molecule has 3 amide bonds. The largest absolute Gasteiger partial charge is 0.345 e. The van der Waals surface area contributed by atoms with Gasteiger partial charge in [0.15, 0.2) is 0 Å². The highest BCUT2D eigenvalue weighted by Gasteiger charge is 2.12. The zero-order valence-corrected chi connectivity index (χ0v) is 15.6. The lowest BCUT2D eigenvalue weighted by Crippen LogP contribution is -2.33. The molecule has 24 heavy (non-hydrogen) atoms. The van der Waals surface area contributed by atoms with Crippen LogP contribution in [0.4, 0.5) is 10.5 Å². The molecule has 0 saturated heterocycles. The van der Waals surface area contributed by atoms with E-state index in [1.54, 1.807) is 26.2 Å². The van der Waals surface area contributed by atoms with Gasteiger partial charge in [0.1, 0.15) is 0 Å². The average molecular weight is 333 g/mol. The highest BCUT2D eigenvalue weighted by atomic mass is 16.2. The van der Waals surface area contributed by atoms with Crippen molar-refractivity contribution in [1.29, 1.82) is 0 Å². The summed E-state index contributed by atoms with van der Waals surface area (Å²) in [7, 11) is 3.42. The Hall–Kier alpha value is -2.04. The summed E-state index contributed by atoms with van der Waals surface area (Å²) in [5.41, 5.74) is 2.16. The number of amides is 3. The summed E-state index contributed by atoms with van der Waals surface area (Å²) in [4.78, 5) is 25.7. The summed E-state index contributed by atoms with van der Waals surface area (Å²) in [6, 6.07) is 5.13. The molecule has 0 aliphatic carbocycles. The SMILES string of the molecule is CCCCC(CC)CNC(=O)Nc1cc(C(=O)N(C)C)ccc1C. The minimum atomic E-state index is -0.220. The van der Waals surface area contributed by atoms with Crippen LogP contribution in [0.3, 0.4) is 0 Å².